The van der Waals surface area contributed by atoms with Crippen molar-refractivity contribution in [1.29, 1.82) is 0 Å². The van der Waals surface area contributed by atoms with E-state index in [-0.39, 0.29) is 0 Å². The van der Waals surface area contributed by atoms with E-state index in [9.17, 15) is 14.4 Å². The first-order valence-electron chi connectivity index (χ1n) is 3.46. The van der Waals surface area contributed by atoms with Crippen molar-refractivity contribution in [3.63, 3.8) is 0 Å². The van der Waals surface area contributed by atoms with Crippen molar-refractivity contribution >= 4 is 55.9 Å². The summed E-state index contributed by atoms with van der Waals surface area (Å²) in [5.74, 6) is 0. The van der Waals surface area contributed by atoms with Crippen LogP contribution in [0.3, 0.4) is 0 Å². The van der Waals surface area contributed by atoms with Crippen LogP contribution in [0.2, 0.25) is 0 Å². The van der Waals surface area contributed by atoms with Gasteiger partial charge in [0.25, 0.3) is 0 Å². The summed E-state index contributed by atoms with van der Waals surface area (Å²) < 4.78 is 3.90. The van der Waals surface area contributed by atoms with Crippen LogP contribution in [0.15, 0.2) is 30.3 Å². The molecule has 0 N–H and O–H groups in total. The van der Waals surface area contributed by atoms with Crippen LogP contribution in [0.1, 0.15) is 0 Å². The molecule has 1 aromatic rings. The van der Waals surface area contributed by atoms with Gasteiger partial charge in [0.1, 0.15) is 0 Å². The zero-order valence-electron chi connectivity index (χ0n) is 7.65. The van der Waals surface area contributed by atoms with Crippen molar-refractivity contribution in [3.05, 3.63) is 30.3 Å². The van der Waals surface area contributed by atoms with E-state index in [2.05, 4.69) is 0 Å². The normalized spacial score (nSPS) is 7.00. The topological polar surface area (TPSA) is 51.2 Å². The van der Waals surface area contributed by atoms with Crippen LogP contribution in [-0.2, 0) is 30.3 Å². The fourth-order valence-corrected chi connectivity index (χ4v) is 0.738. The van der Waals surface area contributed by atoms with Gasteiger partial charge in [-0.15, -0.1) is 0 Å². The number of hydrogen-bond donors (Lipinski definition) is 0. The van der Waals surface area contributed by atoms with Gasteiger partial charge in [-0.1, -0.05) is 0 Å². The summed E-state index contributed by atoms with van der Waals surface area (Å²) in [7, 11) is 15.0. The Bertz CT molecular complexity index is 399. The first-order chi connectivity index (χ1) is 7.58. The number of halogens is 3. The summed E-state index contributed by atoms with van der Waals surface area (Å²) in [6, 6.07) is 10.0. The summed E-state index contributed by atoms with van der Waals surface area (Å²) >= 11 is -5.18. The van der Waals surface area contributed by atoms with Crippen LogP contribution in [0.25, 0.3) is 0 Å². The van der Waals surface area contributed by atoms with Crippen molar-refractivity contribution < 1.29 is 30.3 Å². The van der Waals surface area contributed by atoms with Gasteiger partial charge >= 0.3 is 86.3 Å². The Labute approximate surface area is 115 Å². The molecule has 1 rings (SSSR count). The number of carbonyl (C=O) groups excluding carboxylic acids is 3. The summed E-state index contributed by atoms with van der Waals surface area (Å²) in [6.45, 7) is 0. The van der Waals surface area contributed by atoms with Crippen molar-refractivity contribution in [3.8, 4) is 0 Å². The van der Waals surface area contributed by atoms with Gasteiger partial charge in [-0.25, -0.2) is 12.1 Å². The number of hydrogen-bond acceptors (Lipinski definition) is 3. The average Bonchev–Trinajstić information content (AvgIpc) is 2.77. The first kappa shape index (κ1) is 18.8. The van der Waals surface area contributed by atoms with Gasteiger partial charge in [-0.05, 0) is 0 Å². The average molecular weight is 558 g/mol. The zero-order valence-corrected chi connectivity index (χ0v) is 15.7. The van der Waals surface area contributed by atoms with Crippen LogP contribution in [0, 0.1) is 0 Å². The van der Waals surface area contributed by atoms with Crippen LogP contribution in [-0.4, -0.2) is 29.2 Å². The molecule has 0 spiro atoms. The molecule has 1 radical (unpaired) electrons. The van der Waals surface area contributed by atoms with Crippen molar-refractivity contribution in [2.45, 2.75) is 0 Å². The Morgan fingerprint density at radius 1 is 0.938 bits per heavy atom. The number of rotatable bonds is 0. The third kappa shape index (κ3) is 19.9. The van der Waals surface area contributed by atoms with E-state index in [1.165, 1.54) is 12.8 Å². The minimum Gasteiger partial charge on any atom is -0.214 e. The van der Waals surface area contributed by atoms with Crippen LogP contribution in [0.5, 0.6) is 0 Å². The smallest absolute Gasteiger partial charge is 0.172 e. The molecule has 3 nitrogen and oxygen atoms in total. The van der Waals surface area contributed by atoms with Gasteiger partial charge in [0.2, 0.25) is 0 Å². The van der Waals surface area contributed by atoms with Crippen molar-refractivity contribution in [2.75, 3.05) is 0 Å². The Morgan fingerprint density at radius 2 is 1.25 bits per heavy atom. The Hall–Kier alpha value is 0.447. The minimum absolute atomic E-state index is 1.30. The molecule has 87 valence electrons. The van der Waals surface area contributed by atoms with E-state index in [1.807, 2.05) is 30.3 Å². The molecule has 0 fully saturated rings. The molecule has 0 saturated heterocycles. The minimum atomic E-state index is -3.05. The van der Waals surface area contributed by atoms with E-state index >= 15 is 0 Å². The molecule has 1 aromatic carbocycles. The van der Waals surface area contributed by atoms with Gasteiger partial charge in [0, 0.05) is 0 Å². The second-order valence-electron chi connectivity index (χ2n) is 1.73. The summed E-state index contributed by atoms with van der Waals surface area (Å²) in [4.78, 5) is 28.2. The fourth-order valence-electron chi connectivity index (χ4n) is 0.372. The third-order valence-corrected chi connectivity index (χ3v) is 2.60. The van der Waals surface area contributed by atoms with Crippen molar-refractivity contribution in [2.24, 2.45) is 0 Å². The molecule has 0 aliphatic rings. The molecule has 0 amide bonds. The first-order valence-corrected chi connectivity index (χ1v) is 18.7. The maximum atomic E-state index is 9.40. The van der Waals surface area contributed by atoms with Gasteiger partial charge in [0.15, 0.2) is 0 Å². The maximum Gasteiger partial charge on any atom is -0.172 e. The van der Waals surface area contributed by atoms with E-state index < -0.39 is 32.3 Å². The van der Waals surface area contributed by atoms with E-state index in [1.54, 1.807) is 0 Å². The SMILES string of the molecule is O=[C]=[W](=[C]=O)=[C]=O.[Cl][Sn]([Cl])[Cl].c1cc[cH-]c1. The van der Waals surface area contributed by atoms with Crippen LogP contribution >= 0.6 is 26.8 Å². The van der Waals surface area contributed by atoms with E-state index in [0.717, 1.165) is 0 Å². The molecule has 0 aromatic heterocycles. The second kappa shape index (κ2) is 15.4. The quantitative estimate of drug-likeness (QED) is 0.362. The fraction of sp³-hybridized carbons (Fsp3) is 0. The van der Waals surface area contributed by atoms with E-state index in [0.29, 0.717) is 0 Å². The van der Waals surface area contributed by atoms with Crippen molar-refractivity contribution in [1.82, 2.24) is 0 Å². The standard InChI is InChI=1S/C5H5.3CO.3ClH.Sn.W/c1-2-4-5-3-1;3*1-2;;;;;/h1-5H;;;;3*1H;;/q-1;;;;;;;+3;/p-3. The molecule has 0 saturated carbocycles. The summed E-state index contributed by atoms with van der Waals surface area (Å²) in [5, 5.41) is 0. The van der Waals surface area contributed by atoms with Gasteiger partial charge in [-0.2, -0.15) is 18.2 Å². The van der Waals surface area contributed by atoms with Crippen LogP contribution < -0.4 is 0 Å². The predicted molar refractivity (Wildman–Crippen MR) is 62.4 cm³/mol. The molecular formula is C8H5Cl3O3SnW-. The molecule has 0 aliphatic carbocycles. The Balaban J connectivity index is 0. The molecular weight excluding hydrogens is 553 g/mol. The zero-order chi connectivity index (χ0) is 12.8. The van der Waals surface area contributed by atoms with Gasteiger partial charge in [0.05, 0.1) is 0 Å². The van der Waals surface area contributed by atoms with Crippen LogP contribution in [0.4, 0.5) is 0 Å². The molecule has 8 heteroatoms. The summed E-state index contributed by atoms with van der Waals surface area (Å²) in [6.07, 6.45) is 0. The molecule has 0 aliphatic heterocycles. The predicted octanol–water partition coefficient (Wildman–Crippen LogP) is 1.90. The molecule has 0 unspecified atom stereocenters. The Morgan fingerprint density at radius 3 is 1.31 bits per heavy atom. The Kier molecular flexibility index (Phi) is 18.2. The largest absolute Gasteiger partial charge is 0.214 e. The second-order valence-corrected chi connectivity index (χ2v) is 18.5. The van der Waals surface area contributed by atoms with E-state index in [4.69, 9.17) is 26.8 Å². The van der Waals surface area contributed by atoms with Gasteiger partial charge in [-0.3, -0.25) is 0 Å². The molecule has 0 heterocycles. The molecule has 0 atom stereocenters. The monoisotopic (exact) mass is 558 g/mol. The summed E-state index contributed by atoms with van der Waals surface area (Å²) in [5.41, 5.74) is 0. The molecule has 16 heavy (non-hydrogen) atoms. The maximum absolute atomic E-state index is 9.40. The molecule has 0 bridgehead atoms. The van der Waals surface area contributed by atoms with Gasteiger partial charge < -0.3 is 0 Å². The third-order valence-electron chi connectivity index (χ3n) is 0.806.